The van der Waals surface area contributed by atoms with Gasteiger partial charge in [0.05, 0.1) is 32.0 Å². The lowest BCUT2D eigenvalue weighted by atomic mass is 10.1. The molecule has 2 atom stereocenters. The maximum atomic E-state index is 5.92. The second-order valence-corrected chi connectivity index (χ2v) is 7.56. The zero-order chi connectivity index (χ0) is 20.3. The summed E-state index contributed by atoms with van der Waals surface area (Å²) in [6, 6.07) is 4.24. The van der Waals surface area contributed by atoms with E-state index in [0.29, 0.717) is 12.7 Å². The van der Waals surface area contributed by atoms with Crippen LogP contribution in [0.25, 0.3) is 0 Å². The van der Waals surface area contributed by atoms with Crippen LogP contribution in [0, 0.1) is 6.92 Å². The summed E-state index contributed by atoms with van der Waals surface area (Å²) < 4.78 is 22.7. The number of furan rings is 1. The van der Waals surface area contributed by atoms with Crippen LogP contribution in [0.2, 0.25) is 0 Å². The Balaban J connectivity index is 1.38. The highest BCUT2D eigenvalue weighted by Crippen LogP contribution is 2.23. The molecule has 2 aliphatic rings. The van der Waals surface area contributed by atoms with E-state index >= 15 is 0 Å². The van der Waals surface area contributed by atoms with Crippen LogP contribution >= 0.6 is 0 Å². The van der Waals surface area contributed by atoms with Crippen molar-refractivity contribution in [2.45, 2.75) is 38.3 Å². The van der Waals surface area contributed by atoms with Crippen LogP contribution in [0.15, 0.2) is 21.5 Å². The van der Waals surface area contributed by atoms with Crippen molar-refractivity contribution in [3.63, 3.8) is 0 Å². The van der Waals surface area contributed by atoms with Gasteiger partial charge in [0.1, 0.15) is 11.5 Å². The van der Waals surface area contributed by atoms with E-state index in [1.165, 1.54) is 0 Å². The Hall–Kier alpha value is -1.61. The largest absolute Gasteiger partial charge is 0.465 e. The fraction of sp³-hybridized carbons (Fsp3) is 0.762. The number of rotatable bonds is 10. The standard InChI is InChI=1S/C21H36N4O4/c1-17-6-7-20(29-17)19(25-9-13-26-14-10-25)15-24-21(22-2)23-8-4-11-27-16-18-5-3-12-28-18/h6-7,18-19H,3-5,8-16H2,1-2H3,(H2,22,23,24). The predicted molar refractivity (Wildman–Crippen MR) is 112 cm³/mol. The van der Waals surface area contributed by atoms with E-state index in [0.717, 1.165) is 89.3 Å². The molecule has 2 saturated heterocycles. The fourth-order valence-electron chi connectivity index (χ4n) is 3.72. The van der Waals surface area contributed by atoms with E-state index in [-0.39, 0.29) is 6.04 Å². The molecule has 0 amide bonds. The molecule has 0 bridgehead atoms. The number of hydrogen-bond donors (Lipinski definition) is 2. The first kappa shape index (κ1) is 22.1. The van der Waals surface area contributed by atoms with Crippen LogP contribution < -0.4 is 10.6 Å². The molecule has 3 rings (SSSR count). The fourth-order valence-corrected chi connectivity index (χ4v) is 3.72. The molecule has 1 aromatic rings. The van der Waals surface area contributed by atoms with E-state index in [9.17, 15) is 0 Å². The molecule has 3 heterocycles. The summed E-state index contributed by atoms with van der Waals surface area (Å²) in [5, 5.41) is 6.81. The third-order valence-electron chi connectivity index (χ3n) is 5.35. The third kappa shape index (κ3) is 7.29. The number of guanidine groups is 1. The molecule has 0 saturated carbocycles. The van der Waals surface area contributed by atoms with Gasteiger partial charge >= 0.3 is 0 Å². The summed E-state index contributed by atoms with van der Waals surface area (Å²) in [6.45, 7) is 9.15. The molecule has 0 spiro atoms. The predicted octanol–water partition coefficient (Wildman–Crippen LogP) is 1.71. The van der Waals surface area contributed by atoms with Crippen LogP contribution in [-0.4, -0.2) is 83.2 Å². The second-order valence-electron chi connectivity index (χ2n) is 7.56. The highest BCUT2D eigenvalue weighted by molar-refractivity contribution is 5.79. The maximum Gasteiger partial charge on any atom is 0.191 e. The van der Waals surface area contributed by atoms with Crippen molar-refractivity contribution < 1.29 is 18.6 Å². The van der Waals surface area contributed by atoms with Crippen LogP contribution in [-0.2, 0) is 14.2 Å². The van der Waals surface area contributed by atoms with Gasteiger partial charge in [0.15, 0.2) is 5.96 Å². The molecule has 0 aromatic carbocycles. The highest BCUT2D eigenvalue weighted by Gasteiger charge is 2.25. The lowest BCUT2D eigenvalue weighted by Crippen LogP contribution is -2.46. The first-order valence-corrected chi connectivity index (χ1v) is 10.8. The maximum absolute atomic E-state index is 5.92. The summed E-state index contributed by atoms with van der Waals surface area (Å²) in [6.07, 6.45) is 3.49. The Kier molecular flexibility index (Phi) is 9.27. The van der Waals surface area contributed by atoms with Crippen molar-refractivity contribution >= 4 is 5.96 Å². The van der Waals surface area contributed by atoms with Crippen molar-refractivity contribution in [1.29, 1.82) is 0 Å². The third-order valence-corrected chi connectivity index (χ3v) is 5.35. The van der Waals surface area contributed by atoms with E-state index in [1.807, 2.05) is 13.0 Å². The van der Waals surface area contributed by atoms with Crippen LogP contribution in [0.5, 0.6) is 0 Å². The van der Waals surface area contributed by atoms with Crippen molar-refractivity contribution in [3.8, 4) is 0 Å². The molecule has 8 nitrogen and oxygen atoms in total. The van der Waals surface area contributed by atoms with Gasteiger partial charge in [-0.25, -0.2) is 0 Å². The number of nitrogens with zero attached hydrogens (tertiary/aromatic N) is 2. The Morgan fingerprint density at radius 2 is 2.14 bits per heavy atom. The number of morpholine rings is 1. The van der Waals surface area contributed by atoms with Crippen molar-refractivity contribution in [2.24, 2.45) is 4.99 Å². The zero-order valence-corrected chi connectivity index (χ0v) is 17.8. The molecule has 0 radical (unpaired) electrons. The smallest absolute Gasteiger partial charge is 0.191 e. The minimum absolute atomic E-state index is 0.154. The summed E-state index contributed by atoms with van der Waals surface area (Å²) in [5.74, 6) is 2.71. The average Bonchev–Trinajstić information content (AvgIpc) is 3.42. The SMILES string of the molecule is CN=C(NCCCOCC1CCCO1)NCC(c1ccc(C)o1)N1CCOCC1. The van der Waals surface area contributed by atoms with Gasteiger partial charge in [-0.05, 0) is 38.3 Å². The minimum atomic E-state index is 0.154. The minimum Gasteiger partial charge on any atom is -0.465 e. The second kappa shape index (κ2) is 12.2. The lowest BCUT2D eigenvalue weighted by Gasteiger charge is -2.33. The highest BCUT2D eigenvalue weighted by atomic mass is 16.5. The van der Waals surface area contributed by atoms with Crippen molar-refractivity contribution in [1.82, 2.24) is 15.5 Å². The topological polar surface area (TPSA) is 80.5 Å². The van der Waals surface area contributed by atoms with Gasteiger partial charge in [0.25, 0.3) is 0 Å². The van der Waals surface area contributed by atoms with Crippen molar-refractivity contribution in [3.05, 3.63) is 23.7 Å². The number of hydrogen-bond acceptors (Lipinski definition) is 6. The molecule has 2 unspecified atom stereocenters. The summed E-state index contributed by atoms with van der Waals surface area (Å²) in [5.41, 5.74) is 0. The molecule has 164 valence electrons. The lowest BCUT2D eigenvalue weighted by molar-refractivity contribution is 0.0124. The van der Waals surface area contributed by atoms with E-state index in [4.69, 9.17) is 18.6 Å². The number of nitrogens with one attached hydrogen (secondary N) is 2. The molecule has 29 heavy (non-hydrogen) atoms. The Morgan fingerprint density at radius 1 is 1.28 bits per heavy atom. The Morgan fingerprint density at radius 3 is 2.83 bits per heavy atom. The van der Waals surface area contributed by atoms with Gasteiger partial charge in [-0.1, -0.05) is 0 Å². The van der Waals surface area contributed by atoms with Crippen LogP contribution in [0.3, 0.4) is 0 Å². The van der Waals surface area contributed by atoms with Gasteiger partial charge in [0.2, 0.25) is 0 Å². The summed E-state index contributed by atoms with van der Waals surface area (Å²) in [4.78, 5) is 6.75. The monoisotopic (exact) mass is 408 g/mol. The quantitative estimate of drug-likeness (QED) is 0.347. The molecule has 8 heteroatoms. The molecule has 0 aliphatic carbocycles. The van der Waals surface area contributed by atoms with Gasteiger partial charge in [-0.3, -0.25) is 9.89 Å². The first-order valence-electron chi connectivity index (χ1n) is 10.8. The van der Waals surface area contributed by atoms with Crippen molar-refractivity contribution in [2.75, 3.05) is 66.3 Å². The average molecular weight is 409 g/mol. The summed E-state index contributed by atoms with van der Waals surface area (Å²) in [7, 11) is 1.80. The number of ether oxygens (including phenoxy) is 3. The molecule has 1 aromatic heterocycles. The summed E-state index contributed by atoms with van der Waals surface area (Å²) >= 11 is 0. The van der Waals surface area contributed by atoms with E-state index in [2.05, 4.69) is 26.6 Å². The van der Waals surface area contributed by atoms with Gasteiger partial charge in [-0.15, -0.1) is 0 Å². The van der Waals surface area contributed by atoms with Gasteiger partial charge < -0.3 is 29.3 Å². The van der Waals surface area contributed by atoms with Crippen LogP contribution in [0.1, 0.15) is 36.8 Å². The van der Waals surface area contributed by atoms with E-state index < -0.39 is 0 Å². The molecule has 2 aliphatic heterocycles. The van der Waals surface area contributed by atoms with Gasteiger partial charge in [0, 0.05) is 46.4 Å². The number of aliphatic imine (C=N–C) groups is 1. The van der Waals surface area contributed by atoms with E-state index in [1.54, 1.807) is 7.05 Å². The molecular weight excluding hydrogens is 372 g/mol. The Bertz CT molecular complexity index is 610. The van der Waals surface area contributed by atoms with Crippen LogP contribution in [0.4, 0.5) is 0 Å². The van der Waals surface area contributed by atoms with Gasteiger partial charge in [-0.2, -0.15) is 0 Å². The normalized spacial score (nSPS) is 22.0. The Labute approximate surface area is 174 Å². The molecule has 2 N–H and O–H groups in total. The molecule has 2 fully saturated rings. The number of aryl methyl sites for hydroxylation is 1. The first-order chi connectivity index (χ1) is 14.3. The zero-order valence-electron chi connectivity index (χ0n) is 17.8. The molecular formula is C21H36N4O4.